The Balaban J connectivity index is 1.87. The van der Waals surface area contributed by atoms with Crippen molar-refractivity contribution >= 4 is 5.97 Å². The van der Waals surface area contributed by atoms with Crippen molar-refractivity contribution in [2.24, 2.45) is 5.41 Å². The zero-order valence-corrected chi connectivity index (χ0v) is 15.9. The Hall–Kier alpha value is -1.63. The maximum atomic E-state index is 11.6. The molecule has 6 heteroatoms. The molecule has 26 heavy (non-hydrogen) atoms. The van der Waals surface area contributed by atoms with Gasteiger partial charge in [-0.25, -0.2) is 0 Å². The molecule has 1 fully saturated rings. The summed E-state index contributed by atoms with van der Waals surface area (Å²) in [5.41, 5.74) is 1.41. The smallest absolute Gasteiger partial charge is 0.303 e. The van der Waals surface area contributed by atoms with E-state index in [-0.39, 0.29) is 23.6 Å². The molecule has 0 unspecified atom stereocenters. The largest absolute Gasteiger partial charge is 0.466 e. The third kappa shape index (κ3) is 2.32. The Morgan fingerprint density at radius 1 is 1.46 bits per heavy atom. The lowest BCUT2D eigenvalue weighted by Crippen LogP contribution is -2.54. The van der Waals surface area contributed by atoms with Gasteiger partial charge in [0.25, 0.3) is 0 Å². The van der Waals surface area contributed by atoms with Crippen molar-refractivity contribution in [1.29, 1.82) is 0 Å². The highest BCUT2D eigenvalue weighted by molar-refractivity contribution is 5.66. The summed E-state index contributed by atoms with van der Waals surface area (Å²) >= 11 is 0. The quantitative estimate of drug-likeness (QED) is 0.609. The topological polar surface area (TPSA) is 61.1 Å². The van der Waals surface area contributed by atoms with Gasteiger partial charge >= 0.3 is 5.97 Å². The number of hydrogen-bond acceptors (Lipinski definition) is 6. The van der Waals surface area contributed by atoms with Crippen LogP contribution >= 0.6 is 0 Å². The second kappa shape index (κ2) is 6.22. The van der Waals surface area contributed by atoms with Crippen LogP contribution in [0.25, 0.3) is 0 Å². The van der Waals surface area contributed by atoms with Crippen molar-refractivity contribution < 1.29 is 23.4 Å². The molecule has 0 N–H and O–H groups in total. The summed E-state index contributed by atoms with van der Waals surface area (Å²) < 4.78 is 23.8. The standard InChI is InChI=1S/C20H27NO5/c1-13(26-14(2)22)15-5-7-20-16-6-9-24-18(16)17(23-4)11-19(15,20)12-21(3)8-10-25-20/h5-6,9,13,17H,7-8,10-12H2,1-4H3/t13-,17-,19+,20+/m1/s1. The molecule has 6 nitrogen and oxygen atoms in total. The van der Waals surface area contributed by atoms with E-state index >= 15 is 0 Å². The molecule has 2 aliphatic carbocycles. The van der Waals surface area contributed by atoms with Crippen molar-refractivity contribution in [2.45, 2.75) is 44.5 Å². The summed E-state index contributed by atoms with van der Waals surface area (Å²) in [5, 5.41) is 0. The minimum absolute atomic E-state index is 0.144. The normalized spacial score (nSPS) is 34.9. The van der Waals surface area contributed by atoms with Gasteiger partial charge in [0.1, 0.15) is 23.6 Å². The van der Waals surface area contributed by atoms with Gasteiger partial charge < -0.3 is 23.5 Å². The van der Waals surface area contributed by atoms with Crippen LogP contribution in [0.15, 0.2) is 28.4 Å². The van der Waals surface area contributed by atoms with Gasteiger partial charge in [-0.2, -0.15) is 0 Å². The fourth-order valence-electron chi connectivity index (χ4n) is 5.37. The van der Waals surface area contributed by atoms with Gasteiger partial charge in [0.05, 0.1) is 12.9 Å². The van der Waals surface area contributed by atoms with Gasteiger partial charge in [-0.3, -0.25) is 4.79 Å². The van der Waals surface area contributed by atoms with Gasteiger partial charge in [-0.1, -0.05) is 6.08 Å². The molecule has 3 aliphatic rings. The fraction of sp³-hybridized carbons (Fsp3) is 0.650. The summed E-state index contributed by atoms with van der Waals surface area (Å²) in [7, 11) is 3.84. The molecule has 2 heterocycles. The first kappa shape index (κ1) is 17.8. The molecule has 1 saturated heterocycles. The molecular formula is C20H27NO5. The van der Waals surface area contributed by atoms with Crippen molar-refractivity contribution in [3.8, 4) is 0 Å². The molecule has 0 amide bonds. The van der Waals surface area contributed by atoms with E-state index in [0.717, 1.165) is 42.8 Å². The number of esters is 1. The highest BCUT2D eigenvalue weighted by Crippen LogP contribution is 2.65. The molecule has 4 atom stereocenters. The van der Waals surface area contributed by atoms with E-state index in [4.69, 9.17) is 18.6 Å². The summed E-state index contributed by atoms with van der Waals surface area (Å²) in [6.45, 7) is 5.76. The summed E-state index contributed by atoms with van der Waals surface area (Å²) in [5.74, 6) is 0.598. The van der Waals surface area contributed by atoms with Crippen LogP contribution < -0.4 is 0 Å². The first-order valence-electron chi connectivity index (χ1n) is 9.24. The Morgan fingerprint density at radius 3 is 3.00 bits per heavy atom. The first-order chi connectivity index (χ1) is 12.4. The van der Waals surface area contributed by atoms with E-state index in [9.17, 15) is 4.79 Å². The number of nitrogens with zero attached hydrogens (tertiary/aromatic N) is 1. The Kier molecular flexibility index (Phi) is 4.25. The number of fused-ring (bicyclic) bond motifs is 1. The number of ether oxygens (including phenoxy) is 3. The lowest BCUT2D eigenvalue weighted by molar-refractivity contribution is -0.152. The number of carbonyl (C=O) groups excluding carboxylic acids is 1. The van der Waals surface area contributed by atoms with Gasteiger partial charge in [0, 0.05) is 44.5 Å². The van der Waals surface area contributed by atoms with E-state index in [0.29, 0.717) is 6.61 Å². The van der Waals surface area contributed by atoms with Crippen LogP contribution in [0, 0.1) is 5.41 Å². The number of carbonyl (C=O) groups is 1. The molecule has 1 aromatic heterocycles. The Labute approximate surface area is 154 Å². The third-order valence-corrected chi connectivity index (χ3v) is 6.32. The van der Waals surface area contributed by atoms with Gasteiger partial charge in [0.15, 0.2) is 0 Å². The average Bonchev–Trinajstić information content (AvgIpc) is 3.14. The molecular weight excluding hydrogens is 334 g/mol. The summed E-state index contributed by atoms with van der Waals surface area (Å²) in [4.78, 5) is 13.9. The molecule has 142 valence electrons. The highest BCUT2D eigenvalue weighted by atomic mass is 16.5. The van der Waals surface area contributed by atoms with E-state index in [1.54, 1.807) is 13.4 Å². The van der Waals surface area contributed by atoms with E-state index < -0.39 is 5.60 Å². The molecule has 0 spiro atoms. The molecule has 0 bridgehead atoms. The van der Waals surface area contributed by atoms with Crippen LogP contribution in [0.2, 0.25) is 0 Å². The monoisotopic (exact) mass is 361 g/mol. The van der Waals surface area contributed by atoms with Crippen molar-refractivity contribution in [3.63, 3.8) is 0 Å². The van der Waals surface area contributed by atoms with Crippen LogP contribution in [-0.2, 0) is 24.6 Å². The maximum absolute atomic E-state index is 11.6. The maximum Gasteiger partial charge on any atom is 0.303 e. The molecule has 1 aromatic rings. The fourth-order valence-corrected chi connectivity index (χ4v) is 5.37. The highest BCUT2D eigenvalue weighted by Gasteiger charge is 2.65. The van der Waals surface area contributed by atoms with Crippen molar-refractivity contribution in [1.82, 2.24) is 4.90 Å². The second-order valence-electron chi connectivity index (χ2n) is 7.74. The van der Waals surface area contributed by atoms with Crippen LogP contribution in [0.4, 0.5) is 0 Å². The van der Waals surface area contributed by atoms with E-state index in [1.807, 2.05) is 13.0 Å². The Bertz CT molecular complexity index is 740. The number of rotatable bonds is 3. The zero-order chi connectivity index (χ0) is 18.5. The average molecular weight is 361 g/mol. The number of likely N-dealkylation sites (N-methyl/N-ethyl adjacent to an activating group) is 1. The van der Waals surface area contributed by atoms with Crippen LogP contribution in [-0.4, -0.2) is 50.8 Å². The number of furan rings is 1. The predicted molar refractivity (Wildman–Crippen MR) is 94.6 cm³/mol. The SMILES string of the molecule is CO[C@@H]1C[C@@]23CN(C)CCO[C@@]2(CC=C3[C@@H](C)OC(C)=O)c2ccoc21. The molecule has 1 aliphatic heterocycles. The van der Waals surface area contributed by atoms with Gasteiger partial charge in [0.2, 0.25) is 0 Å². The zero-order valence-electron chi connectivity index (χ0n) is 15.9. The van der Waals surface area contributed by atoms with Gasteiger partial charge in [-0.15, -0.1) is 0 Å². The molecule has 0 radical (unpaired) electrons. The van der Waals surface area contributed by atoms with Crippen LogP contribution in [0.1, 0.15) is 44.1 Å². The van der Waals surface area contributed by atoms with Crippen molar-refractivity contribution in [2.75, 3.05) is 33.9 Å². The minimum atomic E-state index is -0.487. The predicted octanol–water partition coefficient (Wildman–Crippen LogP) is 2.80. The molecule has 0 saturated carbocycles. The second-order valence-corrected chi connectivity index (χ2v) is 7.74. The Morgan fingerprint density at radius 2 is 2.27 bits per heavy atom. The van der Waals surface area contributed by atoms with E-state index in [1.165, 1.54) is 6.92 Å². The summed E-state index contributed by atoms with van der Waals surface area (Å²) in [6.07, 6.45) is 5.00. The lowest BCUT2D eigenvalue weighted by atomic mass is 9.59. The number of methoxy groups -OCH3 is 1. The van der Waals surface area contributed by atoms with Crippen LogP contribution in [0.3, 0.4) is 0 Å². The number of hydrogen-bond donors (Lipinski definition) is 0. The third-order valence-electron chi connectivity index (χ3n) is 6.32. The molecule has 4 rings (SSSR count). The first-order valence-corrected chi connectivity index (χ1v) is 9.24. The molecule has 0 aromatic carbocycles. The van der Waals surface area contributed by atoms with Crippen LogP contribution in [0.5, 0.6) is 0 Å². The van der Waals surface area contributed by atoms with E-state index in [2.05, 4.69) is 18.0 Å². The van der Waals surface area contributed by atoms with Crippen molar-refractivity contribution in [3.05, 3.63) is 35.3 Å². The van der Waals surface area contributed by atoms with Gasteiger partial charge in [-0.05, 0) is 32.0 Å². The summed E-state index contributed by atoms with van der Waals surface area (Å²) in [6, 6.07) is 2.02. The lowest BCUT2D eigenvalue weighted by Gasteiger charge is -2.52. The minimum Gasteiger partial charge on any atom is -0.466 e.